The molecular weight excluding hydrogens is 222 g/mol. The van der Waals surface area contributed by atoms with Crippen molar-refractivity contribution in [2.24, 2.45) is 0 Å². The molecule has 0 bridgehead atoms. The number of ether oxygens (including phenoxy) is 1. The van der Waals surface area contributed by atoms with Crippen LogP contribution in [0.1, 0.15) is 5.56 Å². The average molecular weight is 243 g/mol. The highest BCUT2D eigenvalue weighted by molar-refractivity contribution is 5.32. The predicted molar refractivity (Wildman–Crippen MR) is 77.3 cm³/mol. The Kier molecular flexibility index (Phi) is 5.95. The molecule has 0 aliphatic carbocycles. The number of hydrogen-bond donors (Lipinski definition) is 0. The first-order valence-corrected chi connectivity index (χ1v) is 5.98. The summed E-state index contributed by atoms with van der Waals surface area (Å²) in [6.45, 7) is 2.06. The quantitative estimate of drug-likeness (QED) is 0.791. The van der Waals surface area contributed by atoms with Crippen molar-refractivity contribution in [3.05, 3.63) is 60.2 Å². The van der Waals surface area contributed by atoms with Gasteiger partial charge in [-0.3, -0.25) is 0 Å². The van der Waals surface area contributed by atoms with Gasteiger partial charge in [0.1, 0.15) is 11.5 Å². The highest BCUT2D eigenvalue weighted by atomic mass is 16.5. The van der Waals surface area contributed by atoms with Crippen LogP contribution in [0.15, 0.2) is 54.6 Å². The first-order valence-electron chi connectivity index (χ1n) is 5.98. The van der Waals surface area contributed by atoms with Crippen LogP contribution in [0.5, 0.6) is 11.5 Å². The number of aryl methyl sites for hydroxylation is 1. The normalized spacial score (nSPS) is 9.61. The van der Waals surface area contributed by atoms with Crippen molar-refractivity contribution in [3.63, 3.8) is 0 Å². The van der Waals surface area contributed by atoms with Crippen LogP contribution in [0.4, 0.5) is 0 Å². The minimum absolute atomic E-state index is 0.872. The zero-order valence-electron chi connectivity index (χ0n) is 11.6. The van der Waals surface area contributed by atoms with E-state index in [1.165, 1.54) is 5.56 Å². The molecule has 0 aliphatic rings. The maximum atomic E-state index is 5.63. The Balaban J connectivity index is 0.000000357. The van der Waals surface area contributed by atoms with Crippen molar-refractivity contribution in [3.8, 4) is 11.5 Å². The maximum absolute atomic E-state index is 5.63. The zero-order valence-corrected chi connectivity index (χ0v) is 11.6. The Hall–Kier alpha value is -1.80. The third kappa shape index (κ3) is 6.06. The van der Waals surface area contributed by atoms with E-state index in [0.29, 0.717) is 0 Å². The lowest BCUT2D eigenvalue weighted by molar-refractivity contribution is 0.482. The lowest BCUT2D eigenvalue weighted by atomic mass is 10.2. The molecule has 0 aromatic heterocycles. The van der Waals surface area contributed by atoms with Crippen LogP contribution in [0.25, 0.3) is 0 Å². The van der Waals surface area contributed by atoms with Gasteiger partial charge in [-0.25, -0.2) is 0 Å². The van der Waals surface area contributed by atoms with E-state index in [1.807, 2.05) is 80.6 Å². The summed E-state index contributed by atoms with van der Waals surface area (Å²) in [4.78, 5) is 2.00. The van der Waals surface area contributed by atoms with Crippen molar-refractivity contribution in [1.82, 2.24) is 4.90 Å². The van der Waals surface area contributed by atoms with Crippen LogP contribution in [0, 0.1) is 6.92 Å². The maximum Gasteiger partial charge on any atom is 0.127 e. The Morgan fingerprint density at radius 1 is 0.722 bits per heavy atom. The summed E-state index contributed by atoms with van der Waals surface area (Å²) in [5.41, 5.74) is 1.24. The fraction of sp³-hybridized carbons (Fsp3) is 0.250. The van der Waals surface area contributed by atoms with Gasteiger partial charge >= 0.3 is 0 Å². The molecule has 2 heteroatoms. The van der Waals surface area contributed by atoms with Gasteiger partial charge in [0.15, 0.2) is 0 Å². The molecule has 18 heavy (non-hydrogen) atoms. The molecule has 0 radical (unpaired) electrons. The Labute approximate surface area is 110 Å². The molecule has 0 aliphatic heterocycles. The number of hydrogen-bond acceptors (Lipinski definition) is 2. The average Bonchev–Trinajstić information content (AvgIpc) is 2.33. The number of benzene rings is 2. The summed E-state index contributed by atoms with van der Waals surface area (Å²) in [7, 11) is 6.00. The summed E-state index contributed by atoms with van der Waals surface area (Å²) in [6.07, 6.45) is 0. The summed E-state index contributed by atoms with van der Waals surface area (Å²) in [5.74, 6) is 1.75. The summed E-state index contributed by atoms with van der Waals surface area (Å²) < 4.78 is 5.63. The van der Waals surface area contributed by atoms with E-state index in [1.54, 1.807) is 0 Å². The first kappa shape index (κ1) is 14.3. The molecule has 0 fully saturated rings. The minimum Gasteiger partial charge on any atom is -0.457 e. The van der Waals surface area contributed by atoms with Gasteiger partial charge in [-0.1, -0.05) is 35.9 Å². The van der Waals surface area contributed by atoms with Crippen LogP contribution in [-0.2, 0) is 0 Å². The molecule has 0 spiro atoms. The van der Waals surface area contributed by atoms with E-state index >= 15 is 0 Å². The van der Waals surface area contributed by atoms with E-state index in [9.17, 15) is 0 Å². The van der Waals surface area contributed by atoms with Crippen LogP contribution in [0.2, 0.25) is 0 Å². The predicted octanol–water partition coefficient (Wildman–Crippen LogP) is 3.97. The summed E-state index contributed by atoms with van der Waals surface area (Å²) in [6, 6.07) is 17.8. The van der Waals surface area contributed by atoms with Crippen molar-refractivity contribution < 1.29 is 4.74 Å². The SMILES string of the molecule is CN(C)C.Cc1ccc(Oc2ccccc2)cc1. The van der Waals surface area contributed by atoms with Crippen LogP contribution in [0.3, 0.4) is 0 Å². The molecule has 0 unspecified atom stereocenters. The van der Waals surface area contributed by atoms with Gasteiger partial charge in [0.2, 0.25) is 0 Å². The van der Waals surface area contributed by atoms with Crippen LogP contribution >= 0.6 is 0 Å². The lowest BCUT2D eigenvalue weighted by Gasteiger charge is -2.04. The van der Waals surface area contributed by atoms with E-state index in [2.05, 4.69) is 6.92 Å². The second-order valence-electron chi connectivity index (χ2n) is 4.57. The highest BCUT2D eigenvalue weighted by Gasteiger charge is 1.94. The number of nitrogens with zero attached hydrogens (tertiary/aromatic N) is 1. The third-order valence-corrected chi connectivity index (χ3v) is 2.00. The van der Waals surface area contributed by atoms with Gasteiger partial charge in [0.05, 0.1) is 0 Å². The van der Waals surface area contributed by atoms with Crippen LogP contribution < -0.4 is 4.74 Å². The third-order valence-electron chi connectivity index (χ3n) is 2.00. The zero-order chi connectivity index (χ0) is 13.4. The van der Waals surface area contributed by atoms with Crippen molar-refractivity contribution in [1.29, 1.82) is 0 Å². The molecule has 0 saturated carbocycles. The van der Waals surface area contributed by atoms with Crippen molar-refractivity contribution in [2.75, 3.05) is 21.1 Å². The van der Waals surface area contributed by atoms with Gasteiger partial charge in [-0.05, 0) is 52.3 Å². The van der Waals surface area contributed by atoms with Gasteiger partial charge in [-0.2, -0.15) is 0 Å². The molecule has 0 heterocycles. The second kappa shape index (κ2) is 7.51. The molecule has 0 saturated heterocycles. The molecule has 0 N–H and O–H groups in total. The van der Waals surface area contributed by atoms with Crippen molar-refractivity contribution >= 4 is 0 Å². The van der Waals surface area contributed by atoms with Gasteiger partial charge in [0.25, 0.3) is 0 Å². The van der Waals surface area contributed by atoms with Crippen LogP contribution in [-0.4, -0.2) is 26.0 Å². The minimum atomic E-state index is 0.872. The lowest BCUT2D eigenvalue weighted by Crippen LogP contribution is -1.99. The van der Waals surface area contributed by atoms with Gasteiger partial charge in [0, 0.05) is 0 Å². The fourth-order valence-corrected chi connectivity index (χ4v) is 1.23. The number of rotatable bonds is 2. The van der Waals surface area contributed by atoms with E-state index in [4.69, 9.17) is 4.74 Å². The van der Waals surface area contributed by atoms with E-state index < -0.39 is 0 Å². The molecule has 2 rings (SSSR count). The van der Waals surface area contributed by atoms with Crippen molar-refractivity contribution in [2.45, 2.75) is 6.92 Å². The van der Waals surface area contributed by atoms with Gasteiger partial charge in [-0.15, -0.1) is 0 Å². The molecule has 0 amide bonds. The van der Waals surface area contributed by atoms with E-state index in [0.717, 1.165) is 11.5 Å². The molecule has 2 nitrogen and oxygen atoms in total. The van der Waals surface area contributed by atoms with E-state index in [-0.39, 0.29) is 0 Å². The highest BCUT2D eigenvalue weighted by Crippen LogP contribution is 2.20. The molecule has 96 valence electrons. The summed E-state index contributed by atoms with van der Waals surface area (Å²) >= 11 is 0. The Bertz CT molecular complexity index is 432. The fourth-order valence-electron chi connectivity index (χ4n) is 1.23. The Morgan fingerprint density at radius 3 is 1.67 bits per heavy atom. The van der Waals surface area contributed by atoms with Gasteiger partial charge < -0.3 is 9.64 Å². The molecular formula is C16H21NO. The summed E-state index contributed by atoms with van der Waals surface area (Å²) in [5, 5.41) is 0. The smallest absolute Gasteiger partial charge is 0.127 e. The largest absolute Gasteiger partial charge is 0.457 e. The number of para-hydroxylation sites is 1. The standard InChI is InChI=1S/C13H12O.C3H9N/c1-11-7-9-13(10-8-11)14-12-5-3-2-4-6-12;1-4(2)3/h2-10H,1H3;1-3H3. The second-order valence-corrected chi connectivity index (χ2v) is 4.57. The first-order chi connectivity index (χ1) is 8.58. The Morgan fingerprint density at radius 2 is 1.17 bits per heavy atom. The molecule has 2 aromatic rings. The molecule has 2 aromatic carbocycles. The topological polar surface area (TPSA) is 12.5 Å². The monoisotopic (exact) mass is 243 g/mol. The molecule has 0 atom stereocenters.